The molecule has 1 aliphatic rings. The third-order valence-corrected chi connectivity index (χ3v) is 3.18. The molecule has 1 aromatic carbocycles. The number of alkyl halides is 3. The highest BCUT2D eigenvalue weighted by Gasteiger charge is 2.30. The van der Waals surface area contributed by atoms with Crippen molar-refractivity contribution in [2.24, 2.45) is 0 Å². The molecular formula is C13H17F3N2. The molecule has 1 aliphatic carbocycles. The highest BCUT2D eigenvalue weighted by atomic mass is 19.4. The standard InChI is InChI=1S/C13H17F3N2/c1-18(12-6-7-12)9-8-17-11-4-2-10(3-5-11)13(14,15)16/h2-5,12,17H,6-9H2,1H3. The van der Waals surface area contributed by atoms with Gasteiger partial charge in [0.05, 0.1) is 5.56 Å². The minimum absolute atomic E-state index is 0.608. The van der Waals surface area contributed by atoms with E-state index in [-0.39, 0.29) is 0 Å². The molecule has 0 amide bonds. The molecule has 2 rings (SSSR count). The molecule has 0 bridgehead atoms. The molecule has 0 unspecified atom stereocenters. The van der Waals surface area contributed by atoms with Crippen molar-refractivity contribution < 1.29 is 13.2 Å². The van der Waals surface area contributed by atoms with Crippen LogP contribution >= 0.6 is 0 Å². The Morgan fingerprint density at radius 1 is 1.22 bits per heavy atom. The lowest BCUT2D eigenvalue weighted by atomic mass is 10.2. The van der Waals surface area contributed by atoms with Crippen molar-refractivity contribution in [3.8, 4) is 0 Å². The van der Waals surface area contributed by atoms with E-state index in [0.717, 1.165) is 30.9 Å². The molecule has 1 saturated carbocycles. The van der Waals surface area contributed by atoms with Gasteiger partial charge in [0, 0.05) is 24.8 Å². The summed E-state index contributed by atoms with van der Waals surface area (Å²) in [5.41, 5.74) is 0.121. The summed E-state index contributed by atoms with van der Waals surface area (Å²) in [6.07, 6.45) is -1.74. The molecule has 5 heteroatoms. The van der Waals surface area contributed by atoms with E-state index in [2.05, 4.69) is 17.3 Å². The smallest absolute Gasteiger partial charge is 0.384 e. The maximum Gasteiger partial charge on any atom is 0.416 e. The number of rotatable bonds is 5. The van der Waals surface area contributed by atoms with Crippen LogP contribution in [-0.2, 0) is 6.18 Å². The van der Waals surface area contributed by atoms with Crippen LogP contribution in [0.25, 0.3) is 0 Å². The van der Waals surface area contributed by atoms with Crippen molar-refractivity contribution in [2.45, 2.75) is 25.1 Å². The van der Waals surface area contributed by atoms with Crippen LogP contribution in [0.15, 0.2) is 24.3 Å². The Balaban J connectivity index is 1.79. The van der Waals surface area contributed by atoms with Gasteiger partial charge in [0.25, 0.3) is 0 Å². The van der Waals surface area contributed by atoms with Gasteiger partial charge in [0.15, 0.2) is 0 Å². The number of hydrogen-bond acceptors (Lipinski definition) is 2. The summed E-state index contributed by atoms with van der Waals surface area (Å²) in [7, 11) is 2.08. The Hall–Kier alpha value is -1.23. The summed E-state index contributed by atoms with van der Waals surface area (Å²) in [6.45, 7) is 1.66. The molecule has 1 fully saturated rings. The van der Waals surface area contributed by atoms with Gasteiger partial charge in [-0.2, -0.15) is 13.2 Å². The van der Waals surface area contributed by atoms with Crippen LogP contribution in [0.5, 0.6) is 0 Å². The fourth-order valence-corrected chi connectivity index (χ4v) is 1.85. The van der Waals surface area contributed by atoms with Gasteiger partial charge in [0.2, 0.25) is 0 Å². The van der Waals surface area contributed by atoms with E-state index in [9.17, 15) is 13.2 Å². The molecule has 0 spiro atoms. The number of nitrogens with one attached hydrogen (secondary N) is 1. The van der Waals surface area contributed by atoms with E-state index in [1.807, 2.05) is 0 Å². The molecular weight excluding hydrogens is 241 g/mol. The average Bonchev–Trinajstić information content (AvgIpc) is 3.12. The Labute approximate surface area is 105 Å². The fourth-order valence-electron chi connectivity index (χ4n) is 1.85. The lowest BCUT2D eigenvalue weighted by molar-refractivity contribution is -0.137. The zero-order valence-electron chi connectivity index (χ0n) is 10.3. The van der Waals surface area contributed by atoms with Crippen molar-refractivity contribution in [3.63, 3.8) is 0 Å². The lowest BCUT2D eigenvalue weighted by Crippen LogP contribution is -2.27. The third-order valence-electron chi connectivity index (χ3n) is 3.18. The molecule has 18 heavy (non-hydrogen) atoms. The summed E-state index contributed by atoms with van der Waals surface area (Å²) in [6, 6.07) is 5.86. The molecule has 0 aromatic heterocycles. The first-order chi connectivity index (χ1) is 8.47. The topological polar surface area (TPSA) is 15.3 Å². The number of anilines is 1. The first-order valence-corrected chi connectivity index (χ1v) is 6.08. The van der Waals surface area contributed by atoms with E-state index in [4.69, 9.17) is 0 Å². The van der Waals surface area contributed by atoms with E-state index >= 15 is 0 Å². The van der Waals surface area contributed by atoms with E-state index in [1.165, 1.54) is 25.0 Å². The van der Waals surface area contributed by atoms with Crippen LogP contribution in [0.4, 0.5) is 18.9 Å². The number of nitrogens with zero attached hydrogens (tertiary/aromatic N) is 1. The Morgan fingerprint density at radius 3 is 2.33 bits per heavy atom. The molecule has 0 atom stereocenters. The van der Waals surface area contributed by atoms with Crippen LogP contribution in [0, 0.1) is 0 Å². The highest BCUT2D eigenvalue weighted by Crippen LogP contribution is 2.29. The number of hydrogen-bond donors (Lipinski definition) is 1. The van der Waals surface area contributed by atoms with Crippen molar-refractivity contribution in [1.29, 1.82) is 0 Å². The van der Waals surface area contributed by atoms with Gasteiger partial charge >= 0.3 is 6.18 Å². The molecule has 1 aromatic rings. The largest absolute Gasteiger partial charge is 0.416 e. The highest BCUT2D eigenvalue weighted by molar-refractivity contribution is 5.45. The summed E-state index contributed by atoms with van der Waals surface area (Å²) >= 11 is 0. The van der Waals surface area contributed by atoms with Crippen LogP contribution in [0.2, 0.25) is 0 Å². The molecule has 0 aliphatic heterocycles. The van der Waals surface area contributed by atoms with E-state index < -0.39 is 11.7 Å². The fraction of sp³-hybridized carbons (Fsp3) is 0.538. The normalized spacial score (nSPS) is 16.1. The Bertz CT molecular complexity index is 382. The molecule has 100 valence electrons. The SMILES string of the molecule is CN(CCNc1ccc(C(F)(F)F)cc1)C1CC1. The zero-order valence-corrected chi connectivity index (χ0v) is 10.3. The molecule has 0 heterocycles. The summed E-state index contributed by atoms with van der Waals surface area (Å²) < 4.78 is 37.0. The van der Waals surface area contributed by atoms with Crippen LogP contribution in [0.1, 0.15) is 18.4 Å². The second-order valence-electron chi connectivity index (χ2n) is 4.71. The molecule has 1 N–H and O–H groups in total. The number of benzene rings is 1. The van der Waals surface area contributed by atoms with E-state index in [1.54, 1.807) is 0 Å². The van der Waals surface area contributed by atoms with Crippen LogP contribution in [-0.4, -0.2) is 31.1 Å². The van der Waals surface area contributed by atoms with Crippen molar-refractivity contribution in [2.75, 3.05) is 25.5 Å². The lowest BCUT2D eigenvalue weighted by Gasteiger charge is -2.16. The Morgan fingerprint density at radius 2 is 1.83 bits per heavy atom. The molecule has 0 saturated heterocycles. The summed E-state index contributed by atoms with van der Waals surface area (Å²) in [5.74, 6) is 0. The van der Waals surface area contributed by atoms with Gasteiger partial charge in [-0.15, -0.1) is 0 Å². The third kappa shape index (κ3) is 3.63. The maximum atomic E-state index is 12.3. The quantitative estimate of drug-likeness (QED) is 0.872. The predicted octanol–water partition coefficient (Wildman–Crippen LogP) is 3.21. The van der Waals surface area contributed by atoms with Crippen molar-refractivity contribution >= 4 is 5.69 Å². The van der Waals surface area contributed by atoms with Crippen LogP contribution in [0.3, 0.4) is 0 Å². The van der Waals surface area contributed by atoms with Gasteiger partial charge in [-0.05, 0) is 44.2 Å². The summed E-state index contributed by atoms with van der Waals surface area (Å²) in [4.78, 5) is 2.27. The zero-order chi connectivity index (χ0) is 13.2. The van der Waals surface area contributed by atoms with E-state index in [0.29, 0.717) is 6.04 Å². The second-order valence-corrected chi connectivity index (χ2v) is 4.71. The van der Waals surface area contributed by atoms with Crippen molar-refractivity contribution in [3.05, 3.63) is 29.8 Å². The second kappa shape index (κ2) is 5.18. The summed E-state index contributed by atoms with van der Waals surface area (Å²) in [5, 5.41) is 3.13. The Kier molecular flexibility index (Phi) is 3.80. The molecule has 0 radical (unpaired) electrons. The monoisotopic (exact) mass is 258 g/mol. The maximum absolute atomic E-state index is 12.3. The van der Waals surface area contributed by atoms with Gasteiger partial charge < -0.3 is 10.2 Å². The van der Waals surface area contributed by atoms with Gasteiger partial charge in [-0.1, -0.05) is 0 Å². The predicted molar refractivity (Wildman–Crippen MR) is 65.6 cm³/mol. The first-order valence-electron chi connectivity index (χ1n) is 6.08. The average molecular weight is 258 g/mol. The van der Waals surface area contributed by atoms with Gasteiger partial charge in [0.1, 0.15) is 0 Å². The minimum Gasteiger partial charge on any atom is -0.384 e. The van der Waals surface area contributed by atoms with Gasteiger partial charge in [-0.25, -0.2) is 0 Å². The number of halogens is 3. The minimum atomic E-state index is -4.26. The molecule has 2 nitrogen and oxygen atoms in total. The number of likely N-dealkylation sites (N-methyl/N-ethyl adjacent to an activating group) is 1. The van der Waals surface area contributed by atoms with Gasteiger partial charge in [-0.3, -0.25) is 0 Å². The first kappa shape index (κ1) is 13.2. The van der Waals surface area contributed by atoms with Crippen LogP contribution < -0.4 is 5.32 Å². The van der Waals surface area contributed by atoms with Crippen molar-refractivity contribution in [1.82, 2.24) is 4.90 Å².